The van der Waals surface area contributed by atoms with Crippen molar-refractivity contribution in [1.82, 2.24) is 9.99 Å². The minimum atomic E-state index is -0.402. The number of fused-ring (bicyclic) bond motifs is 1. The van der Waals surface area contributed by atoms with Crippen molar-refractivity contribution in [2.75, 3.05) is 5.01 Å². The van der Waals surface area contributed by atoms with Crippen LogP contribution < -0.4 is 15.2 Å². The SMILES string of the molecule is Cn1/c(=N/NC(=O)C2=NN(c3ccccc3)C(=O)CC2)sc2ccccc21. The van der Waals surface area contributed by atoms with Crippen molar-refractivity contribution in [3.05, 3.63) is 59.4 Å². The van der Waals surface area contributed by atoms with E-state index in [1.165, 1.54) is 16.3 Å². The van der Waals surface area contributed by atoms with Crippen LogP contribution in [0.3, 0.4) is 0 Å². The van der Waals surface area contributed by atoms with Crippen molar-refractivity contribution in [3.8, 4) is 0 Å². The van der Waals surface area contributed by atoms with Gasteiger partial charge in [0, 0.05) is 19.9 Å². The Morgan fingerprint density at radius 2 is 1.85 bits per heavy atom. The Balaban J connectivity index is 1.59. The molecule has 7 nitrogen and oxygen atoms in total. The average molecular weight is 379 g/mol. The zero-order valence-corrected chi connectivity index (χ0v) is 15.4. The van der Waals surface area contributed by atoms with Gasteiger partial charge in [-0.05, 0) is 24.3 Å². The molecule has 0 bridgehead atoms. The molecule has 2 aromatic carbocycles. The van der Waals surface area contributed by atoms with Crippen LogP contribution >= 0.6 is 11.3 Å². The van der Waals surface area contributed by atoms with E-state index < -0.39 is 5.91 Å². The zero-order valence-electron chi connectivity index (χ0n) is 14.6. The molecular formula is C19H17N5O2S. The van der Waals surface area contributed by atoms with E-state index in [0.29, 0.717) is 16.9 Å². The number of carbonyl (C=O) groups is 2. The summed E-state index contributed by atoms with van der Waals surface area (Å²) >= 11 is 1.49. The Bertz CT molecular complexity index is 1110. The normalized spacial score (nSPS) is 15.1. The van der Waals surface area contributed by atoms with Crippen LogP contribution in [0.2, 0.25) is 0 Å². The second-order valence-corrected chi connectivity index (χ2v) is 7.06. The number of amides is 2. The highest BCUT2D eigenvalue weighted by Crippen LogP contribution is 2.19. The number of aromatic nitrogens is 1. The van der Waals surface area contributed by atoms with E-state index >= 15 is 0 Å². The predicted molar refractivity (Wildman–Crippen MR) is 105 cm³/mol. The number of rotatable bonds is 3. The van der Waals surface area contributed by atoms with Crippen molar-refractivity contribution < 1.29 is 9.59 Å². The summed E-state index contributed by atoms with van der Waals surface area (Å²) in [5, 5.41) is 9.74. The van der Waals surface area contributed by atoms with Crippen LogP contribution in [0.15, 0.2) is 64.8 Å². The predicted octanol–water partition coefficient (Wildman–Crippen LogP) is 2.35. The number of benzene rings is 2. The summed E-state index contributed by atoms with van der Waals surface area (Å²) < 4.78 is 3.01. The topological polar surface area (TPSA) is 79.1 Å². The highest BCUT2D eigenvalue weighted by atomic mass is 32.1. The minimum absolute atomic E-state index is 0.134. The van der Waals surface area contributed by atoms with Gasteiger partial charge >= 0.3 is 0 Å². The Morgan fingerprint density at radius 1 is 1.11 bits per heavy atom. The molecule has 136 valence electrons. The summed E-state index contributed by atoms with van der Waals surface area (Å²) in [6.07, 6.45) is 0.528. The highest BCUT2D eigenvalue weighted by Gasteiger charge is 2.25. The van der Waals surface area contributed by atoms with Gasteiger partial charge < -0.3 is 4.57 Å². The molecule has 27 heavy (non-hydrogen) atoms. The lowest BCUT2D eigenvalue weighted by Gasteiger charge is -2.22. The molecule has 1 aromatic heterocycles. The van der Waals surface area contributed by atoms with Gasteiger partial charge in [0.15, 0.2) is 0 Å². The summed E-state index contributed by atoms with van der Waals surface area (Å²) in [7, 11) is 1.90. The number of aryl methyl sites for hydroxylation is 1. The third-order valence-electron chi connectivity index (χ3n) is 4.26. The van der Waals surface area contributed by atoms with Crippen LogP contribution in [0.4, 0.5) is 5.69 Å². The van der Waals surface area contributed by atoms with Gasteiger partial charge in [0.25, 0.3) is 5.91 Å². The average Bonchev–Trinajstić information content (AvgIpc) is 3.03. The third-order valence-corrected chi connectivity index (χ3v) is 5.38. The van der Waals surface area contributed by atoms with E-state index in [1.54, 1.807) is 12.1 Å². The molecule has 1 aliphatic heterocycles. The van der Waals surface area contributed by atoms with Crippen LogP contribution in [-0.2, 0) is 16.6 Å². The standard InChI is InChI=1S/C19H17N5O2S/c1-23-15-9-5-6-10-16(15)27-19(23)21-20-18(26)14-11-12-17(25)24(22-14)13-7-3-2-4-8-13/h2-10H,11-12H2,1H3,(H,20,26)/b21-19-. The first-order chi connectivity index (χ1) is 13.1. The molecule has 0 aliphatic carbocycles. The molecule has 0 atom stereocenters. The fourth-order valence-corrected chi connectivity index (χ4v) is 3.82. The number of thiazole rings is 1. The molecule has 1 N–H and O–H groups in total. The van der Waals surface area contributed by atoms with Gasteiger partial charge in [-0.1, -0.05) is 41.7 Å². The van der Waals surface area contributed by atoms with Gasteiger partial charge in [0.05, 0.1) is 15.9 Å². The van der Waals surface area contributed by atoms with Gasteiger partial charge in [-0.15, -0.1) is 5.10 Å². The van der Waals surface area contributed by atoms with E-state index in [1.807, 2.05) is 54.1 Å². The molecule has 0 saturated heterocycles. The molecule has 0 fully saturated rings. The van der Waals surface area contributed by atoms with Crippen molar-refractivity contribution in [3.63, 3.8) is 0 Å². The van der Waals surface area contributed by atoms with Gasteiger partial charge in [0.1, 0.15) is 5.71 Å². The van der Waals surface area contributed by atoms with Gasteiger partial charge in [0.2, 0.25) is 10.7 Å². The molecule has 0 unspecified atom stereocenters. The summed E-state index contributed by atoms with van der Waals surface area (Å²) in [5.74, 6) is -0.536. The third kappa shape index (κ3) is 3.39. The van der Waals surface area contributed by atoms with Crippen molar-refractivity contribution in [2.24, 2.45) is 17.3 Å². The number of nitrogens with one attached hydrogen (secondary N) is 1. The fraction of sp³-hybridized carbons (Fsp3) is 0.158. The van der Waals surface area contributed by atoms with E-state index in [4.69, 9.17) is 0 Å². The second-order valence-electron chi connectivity index (χ2n) is 6.05. The highest BCUT2D eigenvalue weighted by molar-refractivity contribution is 7.16. The number of hydrogen-bond donors (Lipinski definition) is 1. The fourth-order valence-electron chi connectivity index (χ4n) is 2.84. The number of nitrogens with zero attached hydrogens (tertiary/aromatic N) is 4. The summed E-state index contributed by atoms with van der Waals surface area (Å²) in [6.45, 7) is 0. The number of anilines is 1. The van der Waals surface area contributed by atoms with Crippen LogP contribution in [0.5, 0.6) is 0 Å². The summed E-state index contributed by atoms with van der Waals surface area (Å²) in [5.41, 5.74) is 4.53. The van der Waals surface area contributed by atoms with E-state index in [9.17, 15) is 9.59 Å². The Kier molecular flexibility index (Phi) is 4.55. The van der Waals surface area contributed by atoms with Crippen molar-refractivity contribution >= 4 is 44.8 Å². The van der Waals surface area contributed by atoms with E-state index in [-0.39, 0.29) is 18.0 Å². The maximum absolute atomic E-state index is 12.5. The number of hydrazone groups is 1. The molecule has 2 heterocycles. The molecule has 4 rings (SSSR count). The maximum atomic E-state index is 12.5. The molecule has 0 saturated carbocycles. The first kappa shape index (κ1) is 17.2. The maximum Gasteiger partial charge on any atom is 0.287 e. The van der Waals surface area contributed by atoms with Gasteiger partial charge in [-0.25, -0.2) is 10.4 Å². The zero-order chi connectivity index (χ0) is 18.8. The summed E-state index contributed by atoms with van der Waals surface area (Å²) in [6, 6.07) is 17.0. The van der Waals surface area contributed by atoms with Crippen molar-refractivity contribution in [2.45, 2.75) is 12.8 Å². The molecule has 1 aliphatic rings. The first-order valence-corrected chi connectivity index (χ1v) is 9.29. The molecule has 0 spiro atoms. The molecule has 3 aromatic rings. The Morgan fingerprint density at radius 3 is 2.63 bits per heavy atom. The van der Waals surface area contributed by atoms with E-state index in [0.717, 1.165) is 10.2 Å². The largest absolute Gasteiger partial charge is 0.318 e. The van der Waals surface area contributed by atoms with Crippen molar-refractivity contribution in [1.29, 1.82) is 0 Å². The lowest BCUT2D eigenvalue weighted by molar-refractivity contribution is -0.118. The first-order valence-electron chi connectivity index (χ1n) is 8.47. The monoisotopic (exact) mass is 379 g/mol. The van der Waals surface area contributed by atoms with Crippen LogP contribution in [-0.4, -0.2) is 22.1 Å². The molecule has 8 heteroatoms. The van der Waals surface area contributed by atoms with Crippen LogP contribution in [0.1, 0.15) is 12.8 Å². The molecule has 2 amide bonds. The summed E-state index contributed by atoms with van der Waals surface area (Å²) in [4.78, 5) is 25.3. The van der Waals surface area contributed by atoms with Crippen LogP contribution in [0, 0.1) is 0 Å². The minimum Gasteiger partial charge on any atom is -0.318 e. The van der Waals surface area contributed by atoms with E-state index in [2.05, 4.69) is 15.6 Å². The quantitative estimate of drug-likeness (QED) is 0.709. The van der Waals surface area contributed by atoms with Gasteiger partial charge in [-0.3, -0.25) is 9.59 Å². The van der Waals surface area contributed by atoms with Gasteiger partial charge in [-0.2, -0.15) is 5.10 Å². The number of carbonyl (C=O) groups excluding carboxylic acids is 2. The molecular weight excluding hydrogens is 362 g/mol. The molecule has 0 radical (unpaired) electrons. The van der Waals surface area contributed by atoms with Crippen LogP contribution in [0.25, 0.3) is 10.2 Å². The number of para-hydroxylation sites is 2. The lowest BCUT2D eigenvalue weighted by Crippen LogP contribution is -2.38. The Hall–Kier alpha value is -3.26. The smallest absolute Gasteiger partial charge is 0.287 e. The Labute approximate surface area is 159 Å². The second kappa shape index (κ2) is 7.16. The lowest BCUT2D eigenvalue weighted by atomic mass is 10.1. The number of hydrogen-bond acceptors (Lipinski definition) is 5.